The Labute approximate surface area is 164 Å². The molecule has 0 spiro atoms. The third-order valence-electron chi connectivity index (χ3n) is 2.99. The van der Waals surface area contributed by atoms with E-state index < -0.39 is 0 Å². The summed E-state index contributed by atoms with van der Waals surface area (Å²) in [7, 11) is 0. The zero-order valence-electron chi connectivity index (χ0n) is 12.7. The number of nitrogens with two attached hydrogens (primary N) is 2. The number of hydrazine groups is 1. The van der Waals surface area contributed by atoms with E-state index in [1.54, 1.807) is 42.5 Å². The number of benzene rings is 2. The van der Waals surface area contributed by atoms with Gasteiger partial charge in [-0.25, -0.2) is 5.84 Å². The number of amides is 1. The number of thioether (sulfide) groups is 1. The van der Waals surface area contributed by atoms with Gasteiger partial charge in [-0.3, -0.25) is 9.80 Å². The number of rotatable bonds is 4. The molecule has 0 aliphatic heterocycles. The first kappa shape index (κ1) is 19.7. The molecule has 0 saturated heterocycles. The third-order valence-corrected chi connectivity index (χ3v) is 5.09. The van der Waals surface area contributed by atoms with E-state index in [1.807, 2.05) is 0 Å². The number of carbonyl (C=O) groups excluding carboxylic acids is 1. The number of nitrogens with zero attached hydrogens (tertiary/aromatic N) is 2. The monoisotopic (exact) mass is 417 g/mol. The minimum Gasteiger partial charge on any atom is -0.324 e. The normalized spacial score (nSPS) is 11.3. The molecule has 0 unspecified atom stereocenters. The van der Waals surface area contributed by atoms with E-state index in [4.69, 9.17) is 46.5 Å². The van der Waals surface area contributed by atoms with Gasteiger partial charge in [0.2, 0.25) is 11.1 Å². The minimum absolute atomic E-state index is 0.0210. The number of nitrogens with one attached hydrogen (secondary N) is 1. The molecule has 10 heteroatoms. The Balaban J connectivity index is 2.01. The van der Waals surface area contributed by atoms with Crippen LogP contribution in [-0.4, -0.2) is 16.8 Å². The van der Waals surface area contributed by atoms with Crippen molar-refractivity contribution in [1.29, 1.82) is 0 Å². The van der Waals surface area contributed by atoms with Crippen molar-refractivity contribution in [2.45, 2.75) is 0 Å². The Bertz CT molecular complexity index is 802. The summed E-state index contributed by atoms with van der Waals surface area (Å²) in [5.41, 5.74) is 0.931. The SMILES string of the molecule is N/N=C(/SCC(=O)Nc1ccccc1Cl)N(N)c1cccc(Cl)c1Cl. The van der Waals surface area contributed by atoms with Crippen LogP contribution in [0.1, 0.15) is 0 Å². The van der Waals surface area contributed by atoms with Crippen LogP contribution in [0.15, 0.2) is 47.6 Å². The lowest BCUT2D eigenvalue weighted by molar-refractivity contribution is -0.113. The Hall–Kier alpha value is -1.64. The number of amidine groups is 1. The first-order chi connectivity index (χ1) is 11.9. The topological polar surface area (TPSA) is 96.7 Å². The van der Waals surface area contributed by atoms with Gasteiger partial charge in [0.1, 0.15) is 0 Å². The standard InChI is InChI=1S/C15H14Cl3N5OS/c16-9-4-1-2-6-11(9)21-13(24)8-25-15(22-19)23(20)12-7-3-5-10(17)14(12)18/h1-7H,8,19-20H2,(H,21,24)/b22-15+. The molecule has 1 amide bonds. The number of hydrazone groups is 1. The lowest BCUT2D eigenvalue weighted by Gasteiger charge is -2.20. The Morgan fingerprint density at radius 3 is 2.48 bits per heavy atom. The highest BCUT2D eigenvalue weighted by molar-refractivity contribution is 8.14. The first-order valence-corrected chi connectivity index (χ1v) is 9.00. The average Bonchev–Trinajstić information content (AvgIpc) is 2.59. The molecule has 2 aromatic rings. The molecule has 0 bridgehead atoms. The number of hydrogen-bond acceptors (Lipinski definition) is 5. The molecule has 0 aliphatic carbocycles. The van der Waals surface area contributed by atoms with E-state index in [2.05, 4.69) is 10.4 Å². The fourth-order valence-corrected chi connectivity index (χ4v) is 3.04. The van der Waals surface area contributed by atoms with Crippen molar-refractivity contribution in [3.8, 4) is 0 Å². The van der Waals surface area contributed by atoms with Gasteiger partial charge in [-0.1, -0.05) is 64.8 Å². The third kappa shape index (κ3) is 5.17. The van der Waals surface area contributed by atoms with E-state index in [-0.39, 0.29) is 21.9 Å². The lowest BCUT2D eigenvalue weighted by Crippen LogP contribution is -2.37. The number of carbonyl (C=O) groups is 1. The van der Waals surface area contributed by atoms with Crippen molar-refractivity contribution in [3.05, 3.63) is 57.5 Å². The summed E-state index contributed by atoms with van der Waals surface area (Å²) in [5, 5.41) is 8.70. The van der Waals surface area contributed by atoms with Crippen molar-refractivity contribution in [1.82, 2.24) is 0 Å². The smallest absolute Gasteiger partial charge is 0.234 e. The highest BCUT2D eigenvalue weighted by Crippen LogP contribution is 2.32. The molecule has 0 atom stereocenters. The molecule has 2 rings (SSSR count). The van der Waals surface area contributed by atoms with Crippen LogP contribution in [0.25, 0.3) is 0 Å². The van der Waals surface area contributed by atoms with Gasteiger partial charge in [0.15, 0.2) is 0 Å². The van der Waals surface area contributed by atoms with Crippen molar-refractivity contribution in [2.24, 2.45) is 16.8 Å². The molecule has 132 valence electrons. The van der Waals surface area contributed by atoms with Gasteiger partial charge in [0.25, 0.3) is 0 Å². The molecule has 5 N–H and O–H groups in total. The van der Waals surface area contributed by atoms with Gasteiger partial charge in [-0.05, 0) is 24.3 Å². The zero-order chi connectivity index (χ0) is 18.4. The van der Waals surface area contributed by atoms with Crippen LogP contribution in [0, 0.1) is 0 Å². The summed E-state index contributed by atoms with van der Waals surface area (Å²) in [4.78, 5) is 12.1. The summed E-state index contributed by atoms with van der Waals surface area (Å²) in [6, 6.07) is 11.9. The fourth-order valence-electron chi connectivity index (χ4n) is 1.83. The maximum absolute atomic E-state index is 12.1. The second kappa shape index (κ2) is 9.17. The molecule has 25 heavy (non-hydrogen) atoms. The summed E-state index contributed by atoms with van der Waals surface area (Å²) >= 11 is 19.1. The second-order valence-corrected chi connectivity index (χ2v) is 6.81. The van der Waals surface area contributed by atoms with E-state index in [9.17, 15) is 4.79 Å². The molecule has 0 radical (unpaired) electrons. The largest absolute Gasteiger partial charge is 0.324 e. The van der Waals surface area contributed by atoms with Crippen molar-refractivity contribution >= 4 is 69.0 Å². The molecular weight excluding hydrogens is 405 g/mol. The quantitative estimate of drug-likeness (QED) is 0.302. The van der Waals surface area contributed by atoms with Crippen LogP contribution in [-0.2, 0) is 4.79 Å². The molecule has 0 saturated carbocycles. The van der Waals surface area contributed by atoms with E-state index in [1.165, 1.54) is 5.01 Å². The van der Waals surface area contributed by atoms with E-state index in [0.717, 1.165) is 11.8 Å². The molecule has 0 aliphatic rings. The lowest BCUT2D eigenvalue weighted by atomic mass is 10.3. The number of para-hydroxylation sites is 1. The van der Waals surface area contributed by atoms with Crippen LogP contribution < -0.4 is 22.0 Å². The Morgan fingerprint density at radius 1 is 1.12 bits per heavy atom. The summed E-state index contributed by atoms with van der Waals surface area (Å²) in [6.07, 6.45) is 0. The van der Waals surface area contributed by atoms with Gasteiger partial charge in [0, 0.05) is 0 Å². The number of anilines is 2. The van der Waals surface area contributed by atoms with Gasteiger partial charge in [-0.15, -0.1) is 0 Å². The molecule has 6 nitrogen and oxygen atoms in total. The maximum atomic E-state index is 12.1. The summed E-state index contributed by atoms with van der Waals surface area (Å²) < 4.78 is 0. The Kier molecular flexibility index (Phi) is 7.22. The van der Waals surface area contributed by atoms with E-state index >= 15 is 0 Å². The molecule has 0 fully saturated rings. The van der Waals surface area contributed by atoms with Gasteiger partial charge >= 0.3 is 0 Å². The predicted octanol–water partition coefficient (Wildman–Crippen LogP) is 3.93. The van der Waals surface area contributed by atoms with Crippen LogP contribution in [0.5, 0.6) is 0 Å². The van der Waals surface area contributed by atoms with Crippen LogP contribution in [0.3, 0.4) is 0 Å². The Morgan fingerprint density at radius 2 is 1.80 bits per heavy atom. The minimum atomic E-state index is -0.287. The van der Waals surface area contributed by atoms with Crippen molar-refractivity contribution in [3.63, 3.8) is 0 Å². The zero-order valence-corrected chi connectivity index (χ0v) is 15.8. The molecule has 0 aromatic heterocycles. The fraction of sp³-hybridized carbons (Fsp3) is 0.0667. The predicted molar refractivity (Wildman–Crippen MR) is 107 cm³/mol. The van der Waals surface area contributed by atoms with Gasteiger partial charge in [0.05, 0.1) is 32.2 Å². The van der Waals surface area contributed by atoms with Crippen LogP contribution in [0.4, 0.5) is 11.4 Å². The van der Waals surface area contributed by atoms with Gasteiger partial charge < -0.3 is 11.2 Å². The molecule has 0 heterocycles. The molecular formula is C15H14Cl3N5OS. The van der Waals surface area contributed by atoms with Gasteiger partial charge in [-0.2, -0.15) is 5.10 Å². The number of hydrogen-bond donors (Lipinski definition) is 3. The highest BCUT2D eigenvalue weighted by Gasteiger charge is 2.17. The summed E-state index contributed by atoms with van der Waals surface area (Å²) in [6.45, 7) is 0. The van der Waals surface area contributed by atoms with Crippen LogP contribution >= 0.6 is 46.6 Å². The highest BCUT2D eigenvalue weighted by atomic mass is 35.5. The van der Waals surface area contributed by atoms with E-state index in [0.29, 0.717) is 21.4 Å². The van der Waals surface area contributed by atoms with Crippen LogP contribution in [0.2, 0.25) is 15.1 Å². The van der Waals surface area contributed by atoms with Crippen molar-refractivity contribution < 1.29 is 4.79 Å². The number of halogens is 3. The average molecular weight is 419 g/mol. The maximum Gasteiger partial charge on any atom is 0.234 e. The first-order valence-electron chi connectivity index (χ1n) is 6.88. The van der Waals surface area contributed by atoms with Crippen molar-refractivity contribution in [2.75, 3.05) is 16.1 Å². The summed E-state index contributed by atoms with van der Waals surface area (Å²) in [5.74, 6) is 11.1. The molecule has 2 aromatic carbocycles. The second-order valence-electron chi connectivity index (χ2n) is 4.67.